The molecule has 0 atom stereocenters. The van der Waals surface area contributed by atoms with Gasteiger partial charge in [0.05, 0.1) is 0 Å². The highest BCUT2D eigenvalue weighted by Crippen LogP contribution is 2.26. The van der Waals surface area contributed by atoms with E-state index in [1.54, 1.807) is 19.2 Å². The number of nitrogens with zero attached hydrogens (tertiary/aromatic N) is 2. The first-order valence-electron chi connectivity index (χ1n) is 4.71. The molecule has 1 aromatic heterocycles. The summed E-state index contributed by atoms with van der Waals surface area (Å²) in [5.74, 6) is 0.530. The van der Waals surface area contributed by atoms with Crippen molar-refractivity contribution in [2.75, 3.05) is 12.4 Å². The summed E-state index contributed by atoms with van der Waals surface area (Å²) in [5.41, 5.74) is 0. The van der Waals surface area contributed by atoms with Crippen LogP contribution in [0, 0.1) is 5.82 Å². The van der Waals surface area contributed by atoms with Gasteiger partial charge in [-0.25, -0.2) is 14.4 Å². The van der Waals surface area contributed by atoms with Gasteiger partial charge in [-0.15, -0.1) is 0 Å². The topological polar surface area (TPSA) is 37.8 Å². The van der Waals surface area contributed by atoms with Gasteiger partial charge in [0.2, 0.25) is 0 Å². The van der Waals surface area contributed by atoms with Gasteiger partial charge in [-0.1, -0.05) is 11.8 Å². The van der Waals surface area contributed by atoms with Crippen molar-refractivity contribution in [3.05, 3.63) is 42.5 Å². The molecule has 2 aromatic rings. The zero-order chi connectivity index (χ0) is 11.4. The molecule has 0 saturated heterocycles. The molecule has 1 N–H and O–H groups in total. The van der Waals surface area contributed by atoms with Crippen LogP contribution in [0.1, 0.15) is 0 Å². The molecule has 0 fully saturated rings. The molecule has 0 radical (unpaired) electrons. The number of rotatable bonds is 3. The van der Waals surface area contributed by atoms with E-state index in [0.29, 0.717) is 0 Å². The lowest BCUT2D eigenvalue weighted by Gasteiger charge is -2.02. The highest BCUT2D eigenvalue weighted by atomic mass is 32.2. The maximum Gasteiger partial charge on any atom is 0.130 e. The van der Waals surface area contributed by atoms with E-state index in [4.69, 9.17) is 0 Å². The molecule has 82 valence electrons. The number of aromatic nitrogens is 2. The van der Waals surface area contributed by atoms with Gasteiger partial charge in [-0.2, -0.15) is 0 Å². The lowest BCUT2D eigenvalue weighted by molar-refractivity contribution is 0.626. The average Bonchev–Trinajstić information content (AvgIpc) is 2.32. The molecule has 1 aromatic carbocycles. The van der Waals surface area contributed by atoms with E-state index in [-0.39, 0.29) is 5.82 Å². The minimum Gasteiger partial charge on any atom is -0.373 e. The van der Waals surface area contributed by atoms with E-state index in [9.17, 15) is 4.39 Å². The number of benzene rings is 1. The molecule has 2 rings (SSSR count). The van der Waals surface area contributed by atoms with Crippen molar-refractivity contribution in [1.82, 2.24) is 9.97 Å². The predicted octanol–water partition coefficient (Wildman–Crippen LogP) is 2.81. The Labute approximate surface area is 97.1 Å². The van der Waals surface area contributed by atoms with Crippen LogP contribution in [-0.4, -0.2) is 17.0 Å². The summed E-state index contributed by atoms with van der Waals surface area (Å²) in [6.45, 7) is 0. The van der Waals surface area contributed by atoms with Crippen LogP contribution >= 0.6 is 11.8 Å². The second kappa shape index (κ2) is 4.94. The Morgan fingerprint density at radius 1 is 1.19 bits per heavy atom. The normalized spacial score (nSPS) is 10.1. The summed E-state index contributed by atoms with van der Waals surface area (Å²) in [6.07, 6.45) is 1.50. The van der Waals surface area contributed by atoms with Gasteiger partial charge in [0.15, 0.2) is 0 Å². The van der Waals surface area contributed by atoms with Crippen molar-refractivity contribution < 1.29 is 4.39 Å². The molecule has 3 nitrogen and oxygen atoms in total. The predicted molar refractivity (Wildman–Crippen MR) is 62.1 cm³/mol. The summed E-state index contributed by atoms with van der Waals surface area (Å²) in [6, 6.07) is 8.15. The molecule has 0 aliphatic heterocycles. The fourth-order valence-electron chi connectivity index (χ4n) is 1.16. The van der Waals surface area contributed by atoms with Gasteiger partial charge in [0, 0.05) is 18.0 Å². The Balaban J connectivity index is 2.16. The Hall–Kier alpha value is -1.62. The highest BCUT2D eigenvalue weighted by molar-refractivity contribution is 7.99. The van der Waals surface area contributed by atoms with Gasteiger partial charge in [-0.3, -0.25) is 0 Å². The molecule has 0 amide bonds. The van der Waals surface area contributed by atoms with Crippen molar-refractivity contribution in [3.63, 3.8) is 0 Å². The Morgan fingerprint density at radius 2 is 1.94 bits per heavy atom. The van der Waals surface area contributed by atoms with Crippen LogP contribution in [0.25, 0.3) is 0 Å². The van der Waals surface area contributed by atoms with Crippen molar-refractivity contribution >= 4 is 17.6 Å². The largest absolute Gasteiger partial charge is 0.373 e. The van der Waals surface area contributed by atoms with Gasteiger partial charge in [0.25, 0.3) is 0 Å². The lowest BCUT2D eigenvalue weighted by Crippen LogP contribution is -1.93. The Morgan fingerprint density at radius 3 is 2.62 bits per heavy atom. The minimum atomic E-state index is -0.233. The SMILES string of the molecule is CNc1cc(Sc2ccc(F)cc2)ncn1. The third kappa shape index (κ3) is 2.70. The zero-order valence-corrected chi connectivity index (χ0v) is 9.46. The molecular weight excluding hydrogens is 225 g/mol. The van der Waals surface area contributed by atoms with Gasteiger partial charge in [-0.05, 0) is 24.3 Å². The van der Waals surface area contributed by atoms with Crippen LogP contribution in [0.15, 0.2) is 46.6 Å². The zero-order valence-electron chi connectivity index (χ0n) is 8.64. The molecule has 0 unspecified atom stereocenters. The smallest absolute Gasteiger partial charge is 0.130 e. The third-order valence-electron chi connectivity index (χ3n) is 1.93. The standard InChI is InChI=1S/C11H10FN3S/c1-13-10-6-11(15-7-14-10)16-9-4-2-8(12)3-5-9/h2-7H,1H3,(H,13,14,15). The molecule has 0 aliphatic rings. The number of hydrogen-bond donors (Lipinski definition) is 1. The minimum absolute atomic E-state index is 0.233. The maximum absolute atomic E-state index is 12.7. The number of anilines is 1. The number of nitrogens with one attached hydrogen (secondary N) is 1. The quantitative estimate of drug-likeness (QED) is 0.830. The van der Waals surface area contributed by atoms with Crippen LogP contribution < -0.4 is 5.32 Å². The monoisotopic (exact) mass is 235 g/mol. The maximum atomic E-state index is 12.7. The van der Waals surface area contributed by atoms with Crippen molar-refractivity contribution in [3.8, 4) is 0 Å². The second-order valence-corrected chi connectivity index (χ2v) is 4.14. The van der Waals surface area contributed by atoms with Crippen LogP contribution in [0.3, 0.4) is 0 Å². The van der Waals surface area contributed by atoms with Crippen LogP contribution in [0.5, 0.6) is 0 Å². The first-order valence-corrected chi connectivity index (χ1v) is 5.53. The summed E-state index contributed by atoms with van der Waals surface area (Å²) in [5, 5.41) is 3.76. The van der Waals surface area contributed by atoms with E-state index >= 15 is 0 Å². The summed E-state index contributed by atoms with van der Waals surface area (Å²) >= 11 is 1.47. The van der Waals surface area contributed by atoms with Crippen LogP contribution in [0.2, 0.25) is 0 Å². The van der Waals surface area contributed by atoms with Gasteiger partial charge >= 0.3 is 0 Å². The molecule has 1 heterocycles. The van der Waals surface area contributed by atoms with Gasteiger partial charge in [0.1, 0.15) is 23.0 Å². The summed E-state index contributed by atoms with van der Waals surface area (Å²) in [7, 11) is 1.80. The number of hydrogen-bond acceptors (Lipinski definition) is 4. The van der Waals surface area contributed by atoms with E-state index in [1.165, 1.54) is 30.2 Å². The fraction of sp³-hybridized carbons (Fsp3) is 0.0909. The average molecular weight is 235 g/mol. The van der Waals surface area contributed by atoms with E-state index in [1.807, 2.05) is 6.07 Å². The van der Waals surface area contributed by atoms with E-state index in [2.05, 4.69) is 15.3 Å². The first-order chi connectivity index (χ1) is 7.78. The molecule has 0 spiro atoms. The van der Waals surface area contributed by atoms with Crippen molar-refractivity contribution in [2.24, 2.45) is 0 Å². The Bertz CT molecular complexity index is 473. The molecule has 16 heavy (non-hydrogen) atoms. The second-order valence-electron chi connectivity index (χ2n) is 3.05. The number of halogens is 1. The molecule has 0 aliphatic carbocycles. The molecule has 5 heteroatoms. The van der Waals surface area contributed by atoms with E-state index < -0.39 is 0 Å². The Kier molecular flexibility index (Phi) is 3.36. The van der Waals surface area contributed by atoms with E-state index in [0.717, 1.165) is 15.7 Å². The van der Waals surface area contributed by atoms with Gasteiger partial charge < -0.3 is 5.32 Å². The van der Waals surface area contributed by atoms with Crippen LogP contribution in [0.4, 0.5) is 10.2 Å². The summed E-state index contributed by atoms with van der Waals surface area (Å²) in [4.78, 5) is 9.09. The lowest BCUT2D eigenvalue weighted by atomic mass is 10.4. The van der Waals surface area contributed by atoms with Crippen molar-refractivity contribution in [1.29, 1.82) is 0 Å². The van der Waals surface area contributed by atoms with Crippen LogP contribution in [-0.2, 0) is 0 Å². The molecule has 0 bridgehead atoms. The molecule has 0 saturated carbocycles. The third-order valence-corrected chi connectivity index (χ3v) is 2.87. The first kappa shape index (κ1) is 10.9. The fourth-order valence-corrected chi connectivity index (χ4v) is 1.94. The van der Waals surface area contributed by atoms with Crippen molar-refractivity contribution in [2.45, 2.75) is 9.92 Å². The molecular formula is C11H10FN3S. The summed E-state index contributed by atoms with van der Waals surface area (Å²) < 4.78 is 12.7. The highest BCUT2D eigenvalue weighted by Gasteiger charge is 2.00.